The van der Waals surface area contributed by atoms with Crippen LogP contribution in [0.5, 0.6) is 0 Å². The maximum absolute atomic E-state index is 13.0. The number of carbonyl (C=O) groups excluding carboxylic acids is 2. The summed E-state index contributed by atoms with van der Waals surface area (Å²) < 4.78 is 5.74. The molecule has 7 heteroatoms. The van der Waals surface area contributed by atoms with Crippen LogP contribution in [0.2, 0.25) is 0 Å². The molecule has 0 radical (unpaired) electrons. The van der Waals surface area contributed by atoms with Gasteiger partial charge in [-0.2, -0.15) is 5.10 Å². The average molecular weight is 382 g/mol. The van der Waals surface area contributed by atoms with E-state index in [0.29, 0.717) is 31.6 Å². The number of rotatable bonds is 3. The Morgan fingerprint density at radius 3 is 2.71 bits per heavy atom. The largest absolute Gasteiger partial charge is 0.461 e. The van der Waals surface area contributed by atoms with Gasteiger partial charge in [-0.15, -0.1) is 0 Å². The Bertz CT molecular complexity index is 894. The molecule has 148 valence electrons. The Morgan fingerprint density at radius 1 is 1.18 bits per heavy atom. The second-order valence-corrected chi connectivity index (χ2v) is 8.43. The molecule has 4 heterocycles. The van der Waals surface area contributed by atoms with Crippen molar-refractivity contribution in [2.75, 3.05) is 32.7 Å². The molecule has 0 saturated carbocycles. The zero-order valence-electron chi connectivity index (χ0n) is 16.0. The molecule has 1 unspecified atom stereocenters. The van der Waals surface area contributed by atoms with Crippen LogP contribution in [0.3, 0.4) is 0 Å². The molecule has 3 aliphatic rings. The van der Waals surface area contributed by atoms with Crippen molar-refractivity contribution < 1.29 is 14.3 Å². The van der Waals surface area contributed by atoms with Gasteiger partial charge in [-0.3, -0.25) is 19.6 Å². The van der Waals surface area contributed by atoms with Crippen LogP contribution >= 0.6 is 0 Å². The number of aromatic amines is 1. The number of para-hydroxylation sites is 1. The summed E-state index contributed by atoms with van der Waals surface area (Å²) in [6, 6.07) is 7.66. The molecule has 1 amide bonds. The zero-order chi connectivity index (χ0) is 19.1. The highest BCUT2D eigenvalue weighted by Gasteiger charge is 2.51. The maximum atomic E-state index is 13.0. The Hall–Kier alpha value is -2.41. The predicted molar refractivity (Wildman–Crippen MR) is 104 cm³/mol. The summed E-state index contributed by atoms with van der Waals surface area (Å²) in [4.78, 5) is 29.9. The van der Waals surface area contributed by atoms with Crippen molar-refractivity contribution >= 4 is 22.8 Å². The van der Waals surface area contributed by atoms with Crippen LogP contribution in [0.4, 0.5) is 0 Å². The Kier molecular flexibility index (Phi) is 4.34. The number of piperidine rings is 1. The van der Waals surface area contributed by atoms with Gasteiger partial charge in [-0.25, -0.2) is 0 Å². The first-order valence-corrected chi connectivity index (χ1v) is 10.3. The number of benzene rings is 1. The molecule has 3 aliphatic heterocycles. The van der Waals surface area contributed by atoms with Gasteiger partial charge in [-0.05, 0) is 44.8 Å². The number of esters is 1. The Balaban J connectivity index is 1.24. The Morgan fingerprint density at radius 2 is 1.93 bits per heavy atom. The normalized spacial score (nSPS) is 24.9. The minimum atomic E-state index is -0.408. The third-order valence-electron chi connectivity index (χ3n) is 6.67. The standard InChI is InChI=1S/C21H26N4O3/c26-19(18-16-5-1-2-6-17(16)22-23-18)25-11-7-21(8-12-25)13-15(28-20(21)27)14-24-9-3-4-10-24/h1-2,5-6,15H,3-4,7-14H2,(H,22,23). The van der Waals surface area contributed by atoms with Gasteiger partial charge < -0.3 is 9.64 Å². The monoisotopic (exact) mass is 382 g/mol. The van der Waals surface area contributed by atoms with Crippen LogP contribution in [0.1, 0.15) is 42.6 Å². The lowest BCUT2D eigenvalue weighted by Crippen LogP contribution is -2.45. The van der Waals surface area contributed by atoms with E-state index >= 15 is 0 Å². The molecule has 1 N–H and O–H groups in total. The van der Waals surface area contributed by atoms with Gasteiger partial charge >= 0.3 is 5.97 Å². The van der Waals surface area contributed by atoms with E-state index < -0.39 is 5.41 Å². The van der Waals surface area contributed by atoms with Crippen molar-refractivity contribution in [3.63, 3.8) is 0 Å². The lowest BCUT2D eigenvalue weighted by atomic mass is 9.76. The highest BCUT2D eigenvalue weighted by molar-refractivity contribution is 6.04. The van der Waals surface area contributed by atoms with Gasteiger partial charge in [0.05, 0.1) is 10.9 Å². The van der Waals surface area contributed by atoms with E-state index in [9.17, 15) is 9.59 Å². The van der Waals surface area contributed by atoms with Gasteiger partial charge in [0.2, 0.25) is 0 Å². The number of amides is 1. The number of hydrogen-bond donors (Lipinski definition) is 1. The molecule has 3 fully saturated rings. The summed E-state index contributed by atoms with van der Waals surface area (Å²) in [6.07, 6.45) is 4.63. The first kappa shape index (κ1) is 17.7. The van der Waals surface area contributed by atoms with Gasteiger partial charge in [-0.1, -0.05) is 18.2 Å². The zero-order valence-corrected chi connectivity index (χ0v) is 16.0. The molecule has 0 bridgehead atoms. The summed E-state index contributed by atoms with van der Waals surface area (Å²) in [5.41, 5.74) is 0.922. The minimum Gasteiger partial charge on any atom is -0.461 e. The third-order valence-corrected chi connectivity index (χ3v) is 6.67. The fourth-order valence-electron chi connectivity index (χ4n) is 5.01. The van der Waals surface area contributed by atoms with Gasteiger partial charge in [0.25, 0.3) is 5.91 Å². The van der Waals surface area contributed by atoms with Crippen molar-refractivity contribution in [1.29, 1.82) is 0 Å². The van der Waals surface area contributed by atoms with Crippen molar-refractivity contribution in [3.8, 4) is 0 Å². The van der Waals surface area contributed by atoms with E-state index in [-0.39, 0.29) is 18.0 Å². The number of aromatic nitrogens is 2. The smallest absolute Gasteiger partial charge is 0.312 e. The van der Waals surface area contributed by atoms with E-state index in [4.69, 9.17) is 4.74 Å². The number of ether oxygens (including phenoxy) is 1. The van der Waals surface area contributed by atoms with Crippen LogP contribution < -0.4 is 0 Å². The number of likely N-dealkylation sites (tertiary alicyclic amines) is 2. The summed E-state index contributed by atoms with van der Waals surface area (Å²) in [5.74, 6) is -0.124. The number of hydrogen-bond acceptors (Lipinski definition) is 5. The summed E-state index contributed by atoms with van der Waals surface area (Å²) in [7, 11) is 0. The van der Waals surface area contributed by atoms with E-state index in [2.05, 4.69) is 15.1 Å². The van der Waals surface area contributed by atoms with Crippen LogP contribution in [-0.2, 0) is 9.53 Å². The van der Waals surface area contributed by atoms with Crippen molar-refractivity contribution in [2.45, 2.75) is 38.2 Å². The van der Waals surface area contributed by atoms with Gasteiger partial charge in [0.1, 0.15) is 6.10 Å². The number of cyclic esters (lactones) is 1. The number of nitrogens with zero attached hydrogens (tertiary/aromatic N) is 3. The summed E-state index contributed by atoms with van der Waals surface area (Å²) in [5, 5.41) is 8.00. The van der Waals surface area contributed by atoms with Crippen LogP contribution in [0, 0.1) is 5.41 Å². The second-order valence-electron chi connectivity index (χ2n) is 8.43. The molecular weight excluding hydrogens is 356 g/mol. The predicted octanol–water partition coefficient (Wildman–Crippen LogP) is 2.20. The fourth-order valence-corrected chi connectivity index (χ4v) is 5.01. The van der Waals surface area contributed by atoms with Crippen molar-refractivity contribution in [1.82, 2.24) is 20.0 Å². The number of H-pyrrole nitrogens is 1. The lowest BCUT2D eigenvalue weighted by Gasteiger charge is -2.36. The molecule has 0 aliphatic carbocycles. The van der Waals surface area contributed by atoms with Crippen LogP contribution in [0.25, 0.3) is 10.9 Å². The molecule has 1 aromatic carbocycles. The molecule has 1 aromatic heterocycles. The molecule has 3 saturated heterocycles. The van der Waals surface area contributed by atoms with E-state index in [1.54, 1.807) is 0 Å². The molecule has 1 spiro atoms. The summed E-state index contributed by atoms with van der Waals surface area (Å²) >= 11 is 0. The topological polar surface area (TPSA) is 78.5 Å². The van der Waals surface area contributed by atoms with Crippen molar-refractivity contribution in [2.24, 2.45) is 5.41 Å². The minimum absolute atomic E-state index is 0.00290. The van der Waals surface area contributed by atoms with Gasteiger partial charge in [0.15, 0.2) is 5.69 Å². The van der Waals surface area contributed by atoms with Crippen LogP contribution in [0.15, 0.2) is 24.3 Å². The number of nitrogens with one attached hydrogen (secondary N) is 1. The third kappa shape index (κ3) is 2.98. The second kappa shape index (κ2) is 6.88. The number of carbonyl (C=O) groups is 2. The molecule has 1 atom stereocenters. The molecule has 2 aromatic rings. The fraction of sp³-hybridized carbons (Fsp3) is 0.571. The molecule has 5 rings (SSSR count). The van der Waals surface area contributed by atoms with Crippen LogP contribution in [-0.4, -0.2) is 70.7 Å². The van der Waals surface area contributed by atoms with Crippen molar-refractivity contribution in [3.05, 3.63) is 30.0 Å². The first-order chi connectivity index (χ1) is 13.6. The highest BCUT2D eigenvalue weighted by Crippen LogP contribution is 2.43. The maximum Gasteiger partial charge on any atom is 0.312 e. The quantitative estimate of drug-likeness (QED) is 0.824. The van der Waals surface area contributed by atoms with E-state index in [0.717, 1.165) is 37.0 Å². The number of fused-ring (bicyclic) bond motifs is 1. The first-order valence-electron chi connectivity index (χ1n) is 10.3. The highest BCUT2D eigenvalue weighted by atomic mass is 16.6. The van der Waals surface area contributed by atoms with E-state index in [1.807, 2.05) is 29.2 Å². The molecule has 28 heavy (non-hydrogen) atoms. The Labute approximate surface area is 164 Å². The lowest BCUT2D eigenvalue weighted by molar-refractivity contribution is -0.150. The molecule has 7 nitrogen and oxygen atoms in total. The van der Waals surface area contributed by atoms with Gasteiger partial charge in [0, 0.05) is 31.4 Å². The average Bonchev–Trinajstić information content (AvgIpc) is 3.43. The SMILES string of the molecule is O=C(c1n[nH]c2ccccc12)N1CCC2(CC1)CC(CN1CCCC1)OC2=O. The van der Waals surface area contributed by atoms with E-state index in [1.165, 1.54) is 12.8 Å². The molecular formula is C21H26N4O3. The summed E-state index contributed by atoms with van der Waals surface area (Å²) in [6.45, 7) is 4.23.